The van der Waals surface area contributed by atoms with Crippen LogP contribution in [0.15, 0.2) is 35.3 Å². The molecule has 1 rings (SSSR count). The van der Waals surface area contributed by atoms with Crippen molar-refractivity contribution in [1.29, 1.82) is 0 Å². The van der Waals surface area contributed by atoms with Crippen molar-refractivity contribution >= 4 is 18.0 Å². The van der Waals surface area contributed by atoms with E-state index in [0.717, 1.165) is 5.56 Å². The number of nitrogens with two attached hydrogens (primary N) is 2. The van der Waals surface area contributed by atoms with Crippen molar-refractivity contribution in [3.63, 3.8) is 0 Å². The number of halogens is 1. The van der Waals surface area contributed by atoms with E-state index in [-0.39, 0.29) is 25.5 Å². The Balaban J connectivity index is 2.63. The topological polar surface area (TPSA) is 152 Å². The molecule has 7 N–H and O–H groups in total. The van der Waals surface area contributed by atoms with Gasteiger partial charge in [0.15, 0.2) is 5.96 Å². The molecular formula is C18H28FN5O4. The molecule has 0 aliphatic rings. The number of hydrogen-bond donors (Lipinski definition) is 5. The molecule has 0 saturated heterocycles. The average molecular weight is 397 g/mol. The molecule has 1 aromatic rings. The first-order chi connectivity index (χ1) is 13.3. The van der Waals surface area contributed by atoms with E-state index in [1.165, 1.54) is 6.92 Å². The zero-order chi connectivity index (χ0) is 20.9. The highest BCUT2D eigenvalue weighted by Gasteiger charge is 2.24. The van der Waals surface area contributed by atoms with E-state index in [1.807, 2.05) is 18.2 Å². The molecule has 2 amide bonds. The number of nitrogens with one attached hydrogen (secondary N) is 2. The van der Waals surface area contributed by atoms with Crippen LogP contribution in [0.25, 0.3) is 0 Å². The molecule has 9 nitrogen and oxygen atoms in total. The normalized spacial score (nSPS) is 13.7. The number of benzene rings is 1. The maximum Gasteiger partial charge on any atom is 0.408 e. The van der Waals surface area contributed by atoms with Gasteiger partial charge in [-0.1, -0.05) is 30.3 Å². The summed E-state index contributed by atoms with van der Waals surface area (Å²) in [6, 6.07) is 7.29. The third-order valence-electron chi connectivity index (χ3n) is 3.87. The van der Waals surface area contributed by atoms with Crippen molar-refractivity contribution in [2.75, 3.05) is 13.2 Å². The van der Waals surface area contributed by atoms with Crippen molar-refractivity contribution < 1.29 is 23.8 Å². The van der Waals surface area contributed by atoms with Gasteiger partial charge in [0, 0.05) is 6.54 Å². The Bertz CT molecular complexity index is 640. The van der Waals surface area contributed by atoms with Gasteiger partial charge in [-0.3, -0.25) is 9.79 Å². The summed E-state index contributed by atoms with van der Waals surface area (Å²) in [6.07, 6.45) is -1.47. The number of rotatable bonds is 11. The number of carbonyl (C=O) groups excluding carboxylic acids is 2. The monoisotopic (exact) mass is 397 g/mol. The van der Waals surface area contributed by atoms with Gasteiger partial charge in [-0.05, 0) is 25.3 Å². The van der Waals surface area contributed by atoms with Crippen LogP contribution in [-0.4, -0.2) is 54.5 Å². The summed E-state index contributed by atoms with van der Waals surface area (Å²) in [7, 11) is 0. The fourth-order valence-electron chi connectivity index (χ4n) is 2.23. The van der Waals surface area contributed by atoms with Crippen molar-refractivity contribution in [3.05, 3.63) is 35.9 Å². The van der Waals surface area contributed by atoms with E-state index in [4.69, 9.17) is 16.2 Å². The third kappa shape index (κ3) is 9.17. The number of carbonyl (C=O) groups is 2. The van der Waals surface area contributed by atoms with E-state index in [9.17, 15) is 19.1 Å². The molecule has 0 aromatic heterocycles. The lowest BCUT2D eigenvalue weighted by molar-refractivity contribution is -0.124. The Morgan fingerprint density at radius 3 is 2.54 bits per heavy atom. The largest absolute Gasteiger partial charge is 0.445 e. The third-order valence-corrected chi connectivity index (χ3v) is 3.87. The molecule has 0 saturated carbocycles. The van der Waals surface area contributed by atoms with Gasteiger partial charge < -0.3 is 31.9 Å². The minimum absolute atomic E-state index is 0.0476. The highest BCUT2D eigenvalue weighted by molar-refractivity contribution is 5.85. The van der Waals surface area contributed by atoms with Crippen molar-refractivity contribution in [1.82, 2.24) is 10.6 Å². The van der Waals surface area contributed by atoms with E-state index >= 15 is 0 Å². The number of aliphatic imine (C=N–C) groups is 1. The molecule has 0 spiro atoms. The Morgan fingerprint density at radius 1 is 1.25 bits per heavy atom. The van der Waals surface area contributed by atoms with Gasteiger partial charge in [-0.15, -0.1) is 0 Å². The zero-order valence-electron chi connectivity index (χ0n) is 15.8. The lowest BCUT2D eigenvalue weighted by atomic mass is 10.1. The first kappa shape index (κ1) is 23.2. The second-order valence-corrected chi connectivity index (χ2v) is 6.23. The summed E-state index contributed by atoms with van der Waals surface area (Å²) in [5, 5.41) is 14.4. The smallest absolute Gasteiger partial charge is 0.408 e. The standard InChI is InChI=1S/C18H28FN5O4/c1-12(15(25)10-19)23-16(26)14(8-5-9-22-17(20)21)24-18(27)28-11-13-6-3-2-4-7-13/h2-4,6-7,12,14-15,25H,5,8-11H2,1H3,(H,23,26)(H,24,27)(H4,20,21,22)/t12?,14-,15?/m0/s1. The predicted molar refractivity (Wildman–Crippen MR) is 103 cm³/mol. The summed E-state index contributed by atoms with van der Waals surface area (Å²) in [6.45, 7) is 0.789. The van der Waals surface area contributed by atoms with E-state index < -0.39 is 36.9 Å². The molecule has 10 heteroatoms. The van der Waals surface area contributed by atoms with Crippen LogP contribution in [0.3, 0.4) is 0 Å². The van der Waals surface area contributed by atoms with Crippen LogP contribution < -0.4 is 22.1 Å². The molecule has 28 heavy (non-hydrogen) atoms. The number of nitrogens with zero attached hydrogens (tertiary/aromatic N) is 1. The Kier molecular flexibility index (Phi) is 10.3. The van der Waals surface area contributed by atoms with Crippen LogP contribution in [0, 0.1) is 0 Å². The summed E-state index contributed by atoms with van der Waals surface area (Å²) >= 11 is 0. The van der Waals surface area contributed by atoms with E-state index in [0.29, 0.717) is 6.42 Å². The van der Waals surface area contributed by atoms with Gasteiger partial charge in [0.2, 0.25) is 5.91 Å². The number of aliphatic hydroxyl groups excluding tert-OH is 1. The molecule has 156 valence electrons. The van der Waals surface area contributed by atoms with Crippen LogP contribution >= 0.6 is 0 Å². The number of alkyl halides is 1. The fourth-order valence-corrected chi connectivity index (χ4v) is 2.23. The van der Waals surface area contributed by atoms with Crippen LogP contribution in [-0.2, 0) is 16.1 Å². The summed E-state index contributed by atoms with van der Waals surface area (Å²) in [5.74, 6) is -0.641. The molecule has 0 radical (unpaired) electrons. The van der Waals surface area contributed by atoms with Gasteiger partial charge in [-0.2, -0.15) is 0 Å². The Hall–Kier alpha value is -2.88. The van der Waals surface area contributed by atoms with Crippen molar-refractivity contribution in [3.8, 4) is 0 Å². The average Bonchev–Trinajstić information content (AvgIpc) is 2.68. The van der Waals surface area contributed by atoms with E-state index in [1.54, 1.807) is 12.1 Å². The van der Waals surface area contributed by atoms with Gasteiger partial charge in [0.25, 0.3) is 0 Å². The van der Waals surface area contributed by atoms with E-state index in [2.05, 4.69) is 15.6 Å². The Labute approximate surface area is 163 Å². The second-order valence-electron chi connectivity index (χ2n) is 6.23. The molecule has 0 bridgehead atoms. The van der Waals surface area contributed by atoms with Crippen LogP contribution in [0.5, 0.6) is 0 Å². The summed E-state index contributed by atoms with van der Waals surface area (Å²) in [4.78, 5) is 28.3. The first-order valence-electron chi connectivity index (χ1n) is 8.90. The maximum atomic E-state index is 12.6. The maximum absolute atomic E-state index is 12.6. The number of alkyl carbamates (subject to hydrolysis) is 1. The molecule has 1 aromatic carbocycles. The molecule has 0 aliphatic carbocycles. The number of aliphatic hydroxyl groups is 1. The highest BCUT2D eigenvalue weighted by atomic mass is 19.1. The van der Waals surface area contributed by atoms with Crippen molar-refractivity contribution in [2.45, 2.75) is 44.6 Å². The lowest BCUT2D eigenvalue weighted by Crippen LogP contribution is -2.52. The highest BCUT2D eigenvalue weighted by Crippen LogP contribution is 2.04. The van der Waals surface area contributed by atoms with Gasteiger partial charge in [-0.25, -0.2) is 9.18 Å². The molecular weight excluding hydrogens is 369 g/mol. The number of ether oxygens (including phenoxy) is 1. The van der Waals surface area contributed by atoms with Crippen molar-refractivity contribution in [2.24, 2.45) is 16.5 Å². The minimum atomic E-state index is -1.34. The molecule has 0 heterocycles. The van der Waals surface area contributed by atoms with Crippen LogP contribution in [0.2, 0.25) is 0 Å². The van der Waals surface area contributed by atoms with Crippen LogP contribution in [0.4, 0.5) is 9.18 Å². The SMILES string of the molecule is CC(NC(=O)[C@H](CCCN=C(N)N)NC(=O)OCc1ccccc1)C(O)CF. The fraction of sp³-hybridized carbons (Fsp3) is 0.500. The molecule has 0 aliphatic heterocycles. The Morgan fingerprint density at radius 2 is 1.93 bits per heavy atom. The summed E-state index contributed by atoms with van der Waals surface area (Å²) in [5.41, 5.74) is 11.3. The number of guanidine groups is 1. The predicted octanol–water partition coefficient (Wildman–Crippen LogP) is 0.170. The summed E-state index contributed by atoms with van der Waals surface area (Å²) < 4.78 is 17.7. The van der Waals surface area contributed by atoms with Gasteiger partial charge in [0.05, 0.1) is 6.04 Å². The molecule has 3 atom stereocenters. The zero-order valence-corrected chi connectivity index (χ0v) is 15.8. The quantitative estimate of drug-likeness (QED) is 0.204. The number of hydrogen-bond acceptors (Lipinski definition) is 5. The molecule has 2 unspecified atom stereocenters. The first-order valence-corrected chi connectivity index (χ1v) is 8.90. The minimum Gasteiger partial charge on any atom is -0.445 e. The van der Waals surface area contributed by atoms with Crippen LogP contribution in [0.1, 0.15) is 25.3 Å². The second kappa shape index (κ2) is 12.5. The van der Waals surface area contributed by atoms with Gasteiger partial charge in [0.1, 0.15) is 25.4 Å². The van der Waals surface area contributed by atoms with Gasteiger partial charge >= 0.3 is 6.09 Å². The lowest BCUT2D eigenvalue weighted by Gasteiger charge is -2.23. The molecule has 0 fully saturated rings. The number of amides is 2.